The zero-order valence-corrected chi connectivity index (χ0v) is 17.1. The first kappa shape index (κ1) is 19.6. The van der Waals surface area contributed by atoms with Gasteiger partial charge in [0.1, 0.15) is 12.4 Å². The van der Waals surface area contributed by atoms with Gasteiger partial charge in [-0.1, -0.05) is 42.0 Å². The van der Waals surface area contributed by atoms with Crippen molar-refractivity contribution in [3.8, 4) is 5.75 Å². The van der Waals surface area contributed by atoms with Crippen LogP contribution in [0.25, 0.3) is 0 Å². The van der Waals surface area contributed by atoms with Crippen LogP contribution in [0.5, 0.6) is 5.75 Å². The smallest absolute Gasteiger partial charge is 0.268 e. The third-order valence-corrected chi connectivity index (χ3v) is 5.34. The number of H-pyrrole nitrogens is 4. The summed E-state index contributed by atoms with van der Waals surface area (Å²) in [5, 5.41) is 10.9. The molecule has 2 aromatic carbocycles. The number of aryl methyl sites for hydroxylation is 3. The fraction of sp³-hybridized carbons (Fsp3) is 0.217. The maximum Gasteiger partial charge on any atom is 0.268 e. The van der Waals surface area contributed by atoms with E-state index in [2.05, 4.69) is 32.5 Å². The van der Waals surface area contributed by atoms with Crippen LogP contribution in [-0.2, 0) is 6.61 Å². The third-order valence-electron chi connectivity index (χ3n) is 5.34. The van der Waals surface area contributed by atoms with Crippen molar-refractivity contribution in [2.75, 3.05) is 0 Å². The van der Waals surface area contributed by atoms with E-state index in [0.29, 0.717) is 29.1 Å². The SMILES string of the molecule is Cc1ccc(COc2ccc(C(c3c(C)[nH][nH]c3=O)c3c(C)[nH][nH]c3=O)cc2)cc1. The van der Waals surface area contributed by atoms with Crippen molar-refractivity contribution in [2.24, 2.45) is 0 Å². The Morgan fingerprint density at radius 3 is 1.73 bits per heavy atom. The number of ether oxygens (including phenoxy) is 1. The Bertz CT molecular complexity index is 1200. The monoisotopic (exact) mass is 404 g/mol. The number of hydrogen-bond donors (Lipinski definition) is 4. The molecule has 0 aliphatic heterocycles. The van der Waals surface area contributed by atoms with E-state index in [0.717, 1.165) is 16.9 Å². The normalized spacial score (nSPS) is 11.2. The average Bonchev–Trinajstić information content (AvgIpc) is 3.25. The van der Waals surface area contributed by atoms with Crippen LogP contribution in [0.4, 0.5) is 0 Å². The van der Waals surface area contributed by atoms with Gasteiger partial charge in [0.25, 0.3) is 11.1 Å². The molecule has 4 aromatic rings. The summed E-state index contributed by atoms with van der Waals surface area (Å²) >= 11 is 0. The summed E-state index contributed by atoms with van der Waals surface area (Å²) < 4.78 is 5.89. The molecule has 30 heavy (non-hydrogen) atoms. The number of hydrogen-bond acceptors (Lipinski definition) is 3. The highest BCUT2D eigenvalue weighted by Crippen LogP contribution is 2.32. The maximum atomic E-state index is 12.5. The topological polar surface area (TPSA) is 107 Å². The summed E-state index contributed by atoms with van der Waals surface area (Å²) in [6, 6.07) is 15.7. The molecule has 0 aliphatic rings. The number of aromatic nitrogens is 4. The molecule has 0 saturated carbocycles. The highest BCUT2D eigenvalue weighted by molar-refractivity contribution is 5.45. The first-order valence-electron chi connectivity index (χ1n) is 9.76. The molecule has 0 bridgehead atoms. The van der Waals surface area contributed by atoms with Gasteiger partial charge >= 0.3 is 0 Å². The molecule has 0 spiro atoms. The maximum absolute atomic E-state index is 12.5. The molecule has 2 heterocycles. The lowest BCUT2D eigenvalue weighted by molar-refractivity contribution is 0.306. The molecule has 0 unspecified atom stereocenters. The van der Waals surface area contributed by atoms with E-state index in [4.69, 9.17) is 4.74 Å². The minimum atomic E-state index is -0.499. The summed E-state index contributed by atoms with van der Waals surface area (Å²) in [4.78, 5) is 25.0. The lowest BCUT2D eigenvalue weighted by Crippen LogP contribution is -2.20. The van der Waals surface area contributed by atoms with E-state index in [1.54, 1.807) is 0 Å². The molecule has 2 aromatic heterocycles. The summed E-state index contributed by atoms with van der Waals surface area (Å²) in [5.41, 5.74) is 5.10. The molecule has 0 fully saturated rings. The Balaban J connectivity index is 1.66. The van der Waals surface area contributed by atoms with Crippen molar-refractivity contribution in [3.63, 3.8) is 0 Å². The van der Waals surface area contributed by atoms with Crippen LogP contribution in [0, 0.1) is 20.8 Å². The van der Waals surface area contributed by atoms with Crippen LogP contribution in [0.2, 0.25) is 0 Å². The summed E-state index contributed by atoms with van der Waals surface area (Å²) in [5.74, 6) is 0.221. The average molecular weight is 404 g/mol. The Labute approximate surface area is 173 Å². The zero-order valence-electron chi connectivity index (χ0n) is 17.1. The molecule has 4 rings (SSSR count). The Kier molecular flexibility index (Phi) is 5.18. The van der Waals surface area contributed by atoms with Crippen LogP contribution in [0.3, 0.4) is 0 Å². The minimum absolute atomic E-state index is 0.239. The third kappa shape index (κ3) is 3.74. The molecule has 0 radical (unpaired) electrons. The molecule has 0 saturated heterocycles. The lowest BCUT2D eigenvalue weighted by atomic mass is 9.85. The Morgan fingerprint density at radius 1 is 0.733 bits per heavy atom. The molecule has 0 aliphatic carbocycles. The number of nitrogens with one attached hydrogen (secondary N) is 4. The first-order valence-corrected chi connectivity index (χ1v) is 9.76. The van der Waals surface area contributed by atoms with Crippen LogP contribution in [0.1, 0.15) is 45.1 Å². The van der Waals surface area contributed by atoms with E-state index in [9.17, 15) is 9.59 Å². The molecular weight excluding hydrogens is 380 g/mol. The first-order chi connectivity index (χ1) is 14.4. The van der Waals surface area contributed by atoms with Gasteiger partial charge in [-0.3, -0.25) is 19.8 Å². The summed E-state index contributed by atoms with van der Waals surface area (Å²) in [7, 11) is 0. The van der Waals surface area contributed by atoms with Gasteiger partial charge in [-0.2, -0.15) is 0 Å². The summed E-state index contributed by atoms with van der Waals surface area (Å²) in [6.07, 6.45) is 0. The molecule has 154 valence electrons. The van der Waals surface area contributed by atoms with Crippen LogP contribution < -0.4 is 15.9 Å². The number of benzene rings is 2. The highest BCUT2D eigenvalue weighted by Gasteiger charge is 2.27. The number of aromatic amines is 4. The van der Waals surface area contributed by atoms with E-state index < -0.39 is 5.92 Å². The molecule has 0 atom stereocenters. The quantitative estimate of drug-likeness (QED) is 0.396. The standard InChI is InChI=1S/C23H24N4O3/c1-13-4-6-16(7-5-13)12-30-18-10-8-17(9-11-18)21(19-14(2)24-26-22(19)28)20-15(3)25-27-23(20)29/h4-11,21H,12H2,1-3H3,(H2,24,26,28)(H2,25,27,29). The van der Waals surface area contributed by atoms with Crippen LogP contribution in [-0.4, -0.2) is 20.4 Å². The predicted octanol–water partition coefficient (Wildman–Crippen LogP) is 3.40. The van der Waals surface area contributed by atoms with Crippen molar-refractivity contribution >= 4 is 0 Å². The highest BCUT2D eigenvalue weighted by atomic mass is 16.5. The Morgan fingerprint density at radius 2 is 1.27 bits per heavy atom. The van der Waals surface area contributed by atoms with Gasteiger partial charge in [-0.15, -0.1) is 0 Å². The zero-order chi connectivity index (χ0) is 21.3. The lowest BCUT2D eigenvalue weighted by Gasteiger charge is -2.16. The molecule has 7 nitrogen and oxygen atoms in total. The second-order valence-corrected chi connectivity index (χ2v) is 7.51. The summed E-state index contributed by atoms with van der Waals surface area (Å²) in [6.45, 7) is 6.15. The second kappa shape index (κ2) is 7.94. The van der Waals surface area contributed by atoms with E-state index >= 15 is 0 Å². The minimum Gasteiger partial charge on any atom is -0.489 e. The largest absolute Gasteiger partial charge is 0.489 e. The van der Waals surface area contributed by atoms with Crippen LogP contribution in [0.15, 0.2) is 58.1 Å². The van der Waals surface area contributed by atoms with Crippen molar-refractivity contribution in [1.29, 1.82) is 0 Å². The molecular formula is C23H24N4O3. The molecule has 4 N–H and O–H groups in total. The predicted molar refractivity (Wildman–Crippen MR) is 115 cm³/mol. The Hall–Kier alpha value is -3.74. The molecule has 0 amide bonds. The van der Waals surface area contributed by atoms with Crippen molar-refractivity contribution in [2.45, 2.75) is 33.3 Å². The van der Waals surface area contributed by atoms with Crippen molar-refractivity contribution in [1.82, 2.24) is 20.4 Å². The van der Waals surface area contributed by atoms with Gasteiger partial charge < -0.3 is 14.9 Å². The van der Waals surface area contributed by atoms with Crippen molar-refractivity contribution < 1.29 is 4.74 Å². The van der Waals surface area contributed by atoms with E-state index in [1.165, 1.54) is 5.56 Å². The number of rotatable bonds is 6. The van der Waals surface area contributed by atoms with E-state index in [-0.39, 0.29) is 11.1 Å². The van der Waals surface area contributed by atoms with Gasteiger partial charge in [0.15, 0.2) is 0 Å². The fourth-order valence-electron chi connectivity index (χ4n) is 3.69. The fourth-order valence-corrected chi connectivity index (χ4v) is 3.69. The van der Waals surface area contributed by atoms with Crippen LogP contribution >= 0.6 is 0 Å². The van der Waals surface area contributed by atoms with E-state index in [1.807, 2.05) is 57.2 Å². The van der Waals surface area contributed by atoms with Gasteiger partial charge in [-0.25, -0.2) is 0 Å². The van der Waals surface area contributed by atoms with Gasteiger partial charge in [0.05, 0.1) is 11.1 Å². The van der Waals surface area contributed by atoms with Gasteiger partial charge in [0.2, 0.25) is 0 Å². The molecule has 7 heteroatoms. The van der Waals surface area contributed by atoms with Gasteiger partial charge in [0, 0.05) is 17.3 Å². The van der Waals surface area contributed by atoms with Crippen molar-refractivity contribution in [3.05, 3.63) is 108 Å². The van der Waals surface area contributed by atoms with Gasteiger partial charge in [-0.05, 0) is 44.0 Å². The second-order valence-electron chi connectivity index (χ2n) is 7.51.